The van der Waals surface area contributed by atoms with Gasteiger partial charge in [0.05, 0.1) is 12.8 Å². The van der Waals surface area contributed by atoms with Crippen LogP contribution < -0.4 is 10.1 Å². The number of hydrogen-bond acceptors (Lipinski definition) is 6. The maximum Gasteiger partial charge on any atom is 0.414 e. The quantitative estimate of drug-likeness (QED) is 0.854. The van der Waals surface area contributed by atoms with E-state index in [-0.39, 0.29) is 12.0 Å². The van der Waals surface area contributed by atoms with Gasteiger partial charge < -0.3 is 9.47 Å². The summed E-state index contributed by atoms with van der Waals surface area (Å²) < 4.78 is 12.1. The summed E-state index contributed by atoms with van der Waals surface area (Å²) in [5, 5.41) is 6.64. The highest BCUT2D eigenvalue weighted by Crippen LogP contribution is 2.14. The molecule has 0 radical (unpaired) electrons. The average molecular weight is 307 g/mol. The standard InChI is InChI=1S/C14H21N5O3/c1-5-6-9-21-12-16-10-7-8-15-19(10)11(17-12)18-13(20)22-14(2,3)4/h7-8H,5-6,9H2,1-4H3,(H,16,17,18,20). The Balaban J connectivity index is 2.19. The van der Waals surface area contributed by atoms with Crippen molar-refractivity contribution in [2.24, 2.45) is 0 Å². The molecule has 8 heteroatoms. The van der Waals surface area contributed by atoms with Gasteiger partial charge in [0.15, 0.2) is 5.65 Å². The molecule has 8 nitrogen and oxygen atoms in total. The summed E-state index contributed by atoms with van der Waals surface area (Å²) in [6, 6.07) is 1.90. The van der Waals surface area contributed by atoms with Crippen LogP contribution in [0.1, 0.15) is 40.5 Å². The smallest absolute Gasteiger partial charge is 0.414 e. The Morgan fingerprint density at radius 1 is 1.36 bits per heavy atom. The lowest BCUT2D eigenvalue weighted by Gasteiger charge is -2.19. The second kappa shape index (κ2) is 6.59. The van der Waals surface area contributed by atoms with Crippen molar-refractivity contribution in [2.45, 2.75) is 46.1 Å². The zero-order valence-electron chi connectivity index (χ0n) is 13.3. The van der Waals surface area contributed by atoms with Crippen LogP contribution in [0.25, 0.3) is 5.65 Å². The maximum atomic E-state index is 11.9. The lowest BCUT2D eigenvalue weighted by Crippen LogP contribution is -2.28. The summed E-state index contributed by atoms with van der Waals surface area (Å²) in [6.45, 7) is 7.95. The van der Waals surface area contributed by atoms with E-state index in [4.69, 9.17) is 9.47 Å². The lowest BCUT2D eigenvalue weighted by atomic mass is 10.2. The normalized spacial score (nSPS) is 11.5. The van der Waals surface area contributed by atoms with Crippen LogP contribution in [-0.2, 0) is 4.74 Å². The Kier molecular flexibility index (Phi) is 4.79. The first kappa shape index (κ1) is 16.0. The van der Waals surface area contributed by atoms with Crippen molar-refractivity contribution in [3.63, 3.8) is 0 Å². The molecule has 2 aromatic rings. The first-order chi connectivity index (χ1) is 10.4. The molecule has 2 aromatic heterocycles. The highest BCUT2D eigenvalue weighted by atomic mass is 16.6. The van der Waals surface area contributed by atoms with Gasteiger partial charge in [0.25, 0.3) is 0 Å². The number of nitrogens with zero attached hydrogens (tertiary/aromatic N) is 4. The number of fused-ring (bicyclic) bond motifs is 1. The topological polar surface area (TPSA) is 90.6 Å². The molecule has 22 heavy (non-hydrogen) atoms. The van der Waals surface area contributed by atoms with E-state index in [1.807, 2.05) is 0 Å². The van der Waals surface area contributed by atoms with E-state index >= 15 is 0 Å². The predicted octanol–water partition coefficient (Wildman–Crippen LogP) is 2.65. The first-order valence-corrected chi connectivity index (χ1v) is 7.23. The largest absolute Gasteiger partial charge is 0.463 e. The van der Waals surface area contributed by atoms with Gasteiger partial charge in [0.1, 0.15) is 5.60 Å². The van der Waals surface area contributed by atoms with E-state index in [1.165, 1.54) is 4.52 Å². The van der Waals surface area contributed by atoms with E-state index in [0.717, 1.165) is 12.8 Å². The van der Waals surface area contributed by atoms with Gasteiger partial charge in [-0.2, -0.15) is 19.6 Å². The Morgan fingerprint density at radius 3 is 2.82 bits per heavy atom. The molecule has 0 aliphatic heterocycles. The fourth-order valence-corrected chi connectivity index (χ4v) is 1.65. The highest BCUT2D eigenvalue weighted by molar-refractivity contribution is 5.83. The van der Waals surface area contributed by atoms with Crippen molar-refractivity contribution in [2.75, 3.05) is 11.9 Å². The van der Waals surface area contributed by atoms with Crippen molar-refractivity contribution in [1.29, 1.82) is 0 Å². The third-order valence-corrected chi connectivity index (χ3v) is 2.58. The SMILES string of the molecule is CCCCOc1nc(NC(=O)OC(C)(C)C)n2nccc2n1. The average Bonchev–Trinajstić information content (AvgIpc) is 2.85. The summed E-state index contributed by atoms with van der Waals surface area (Å²) in [5.41, 5.74) is -0.0617. The number of anilines is 1. The van der Waals surface area contributed by atoms with Gasteiger partial charge in [-0.3, -0.25) is 5.32 Å². The summed E-state index contributed by atoms with van der Waals surface area (Å²) >= 11 is 0. The van der Waals surface area contributed by atoms with Crippen LogP contribution in [0, 0.1) is 0 Å². The molecule has 0 unspecified atom stereocenters. The highest BCUT2D eigenvalue weighted by Gasteiger charge is 2.19. The van der Waals surface area contributed by atoms with Crippen LogP contribution in [0.15, 0.2) is 12.3 Å². The number of rotatable bonds is 5. The van der Waals surface area contributed by atoms with E-state index in [2.05, 4.69) is 27.3 Å². The zero-order valence-corrected chi connectivity index (χ0v) is 13.3. The minimum atomic E-state index is -0.609. The molecule has 0 aliphatic rings. The number of aromatic nitrogens is 4. The zero-order chi connectivity index (χ0) is 16.2. The van der Waals surface area contributed by atoms with Crippen molar-refractivity contribution in [3.05, 3.63) is 12.3 Å². The summed E-state index contributed by atoms with van der Waals surface area (Å²) in [4.78, 5) is 20.3. The number of hydrogen-bond donors (Lipinski definition) is 1. The van der Waals surface area contributed by atoms with Gasteiger partial charge in [-0.25, -0.2) is 4.79 Å². The second-order valence-corrected chi connectivity index (χ2v) is 5.76. The van der Waals surface area contributed by atoms with E-state index in [0.29, 0.717) is 12.3 Å². The van der Waals surface area contributed by atoms with Gasteiger partial charge in [-0.05, 0) is 27.2 Å². The fourth-order valence-electron chi connectivity index (χ4n) is 1.65. The molecule has 0 fully saturated rings. The van der Waals surface area contributed by atoms with Gasteiger partial charge in [0, 0.05) is 6.07 Å². The number of nitrogens with one attached hydrogen (secondary N) is 1. The molecule has 1 N–H and O–H groups in total. The molecule has 0 saturated carbocycles. The van der Waals surface area contributed by atoms with Crippen LogP contribution in [0.4, 0.5) is 10.7 Å². The molecule has 0 aromatic carbocycles. The van der Waals surface area contributed by atoms with E-state index in [9.17, 15) is 4.79 Å². The van der Waals surface area contributed by atoms with Crippen molar-refractivity contribution < 1.29 is 14.3 Å². The second-order valence-electron chi connectivity index (χ2n) is 5.76. The number of unbranched alkanes of at least 4 members (excludes halogenated alkanes) is 1. The fraction of sp³-hybridized carbons (Fsp3) is 0.571. The lowest BCUT2D eigenvalue weighted by molar-refractivity contribution is 0.0634. The molecule has 1 amide bonds. The Bertz CT molecular complexity index is 647. The van der Waals surface area contributed by atoms with Crippen molar-refractivity contribution >= 4 is 17.7 Å². The minimum absolute atomic E-state index is 0.201. The number of carbonyl (C=O) groups is 1. The summed E-state index contributed by atoms with van der Waals surface area (Å²) in [6.07, 6.45) is 2.88. The predicted molar refractivity (Wildman–Crippen MR) is 81.0 cm³/mol. The van der Waals surface area contributed by atoms with Gasteiger partial charge in [0.2, 0.25) is 5.95 Å². The molecule has 0 bridgehead atoms. The first-order valence-electron chi connectivity index (χ1n) is 7.23. The number of amides is 1. The van der Waals surface area contributed by atoms with Crippen LogP contribution in [0.3, 0.4) is 0 Å². The monoisotopic (exact) mass is 307 g/mol. The van der Waals surface area contributed by atoms with Gasteiger partial charge >= 0.3 is 12.1 Å². The summed E-state index contributed by atoms with van der Waals surface area (Å²) in [7, 11) is 0. The van der Waals surface area contributed by atoms with Gasteiger partial charge in [-0.1, -0.05) is 13.3 Å². The molecule has 0 atom stereocenters. The van der Waals surface area contributed by atoms with E-state index < -0.39 is 11.7 Å². The van der Waals surface area contributed by atoms with Crippen LogP contribution >= 0.6 is 0 Å². The summed E-state index contributed by atoms with van der Waals surface area (Å²) in [5.74, 6) is 0.204. The van der Waals surface area contributed by atoms with Crippen molar-refractivity contribution in [3.8, 4) is 6.01 Å². The Morgan fingerprint density at radius 2 is 2.14 bits per heavy atom. The maximum absolute atomic E-state index is 11.9. The molecular formula is C14H21N5O3. The number of ether oxygens (including phenoxy) is 2. The van der Waals surface area contributed by atoms with Crippen molar-refractivity contribution in [1.82, 2.24) is 19.6 Å². The minimum Gasteiger partial charge on any atom is -0.463 e. The van der Waals surface area contributed by atoms with Crippen LogP contribution in [0.5, 0.6) is 6.01 Å². The van der Waals surface area contributed by atoms with Crippen LogP contribution in [0.2, 0.25) is 0 Å². The Labute approximate surface area is 128 Å². The van der Waals surface area contributed by atoms with E-state index in [1.54, 1.807) is 33.0 Å². The molecular weight excluding hydrogens is 286 g/mol. The molecule has 0 spiro atoms. The third-order valence-electron chi connectivity index (χ3n) is 2.58. The van der Waals surface area contributed by atoms with Crippen LogP contribution in [-0.4, -0.2) is 37.9 Å². The number of carbonyl (C=O) groups excluding carboxylic acids is 1. The Hall–Kier alpha value is -2.38. The molecule has 0 saturated heterocycles. The molecule has 2 heterocycles. The molecule has 120 valence electrons. The third kappa shape index (κ3) is 4.31. The van der Waals surface area contributed by atoms with Gasteiger partial charge in [-0.15, -0.1) is 0 Å². The molecule has 2 rings (SSSR count). The molecule has 0 aliphatic carbocycles.